The molecule has 0 saturated carbocycles. The van der Waals surface area contributed by atoms with Gasteiger partial charge in [-0.1, -0.05) is 30.3 Å². The number of aromatic nitrogens is 2. The Morgan fingerprint density at radius 3 is 2.64 bits per heavy atom. The molecule has 170 valence electrons. The van der Waals surface area contributed by atoms with Crippen LogP contribution in [0.3, 0.4) is 0 Å². The van der Waals surface area contributed by atoms with E-state index in [0.29, 0.717) is 5.75 Å². The molecule has 0 spiro atoms. The standard InChI is InChI=1S/C26H26FN3O3/c27-21-9-11-23(12-10-21)30-25-14-13-24(15-20(25)16-28-30)33-18-22(29-26(32)17-31)8-4-7-19-5-2-1-3-6-19/h1-3,5-6,9-16,22,31H,4,7-8,17-18H2,(H,29,32). The Morgan fingerprint density at radius 1 is 1.09 bits per heavy atom. The maximum atomic E-state index is 13.2. The van der Waals surface area contributed by atoms with Gasteiger partial charge in [-0.25, -0.2) is 9.07 Å². The van der Waals surface area contributed by atoms with Crippen molar-refractivity contribution in [3.63, 3.8) is 0 Å². The number of carbonyl (C=O) groups excluding carboxylic acids is 1. The summed E-state index contributed by atoms with van der Waals surface area (Å²) >= 11 is 0. The number of hydrogen-bond donors (Lipinski definition) is 2. The molecular formula is C26H26FN3O3. The number of hydrogen-bond acceptors (Lipinski definition) is 4. The first-order valence-electron chi connectivity index (χ1n) is 10.9. The molecule has 0 radical (unpaired) electrons. The van der Waals surface area contributed by atoms with E-state index in [4.69, 9.17) is 9.84 Å². The topological polar surface area (TPSA) is 76.4 Å². The molecule has 1 amide bonds. The summed E-state index contributed by atoms with van der Waals surface area (Å²) in [5, 5.41) is 17.2. The molecule has 1 aromatic heterocycles. The van der Waals surface area contributed by atoms with E-state index in [0.717, 1.165) is 35.9 Å². The third kappa shape index (κ3) is 5.96. The largest absolute Gasteiger partial charge is 0.491 e. The monoisotopic (exact) mass is 447 g/mol. The third-order valence-electron chi connectivity index (χ3n) is 5.43. The van der Waals surface area contributed by atoms with E-state index < -0.39 is 12.5 Å². The van der Waals surface area contributed by atoms with Crippen molar-refractivity contribution in [2.45, 2.75) is 25.3 Å². The van der Waals surface area contributed by atoms with Gasteiger partial charge in [0.2, 0.25) is 5.91 Å². The van der Waals surface area contributed by atoms with Gasteiger partial charge in [-0.2, -0.15) is 5.10 Å². The van der Waals surface area contributed by atoms with Gasteiger partial charge in [-0.05, 0) is 67.3 Å². The second kappa shape index (κ2) is 10.7. The highest BCUT2D eigenvalue weighted by atomic mass is 19.1. The van der Waals surface area contributed by atoms with Crippen LogP contribution in [0.1, 0.15) is 18.4 Å². The zero-order chi connectivity index (χ0) is 23.0. The highest BCUT2D eigenvalue weighted by Crippen LogP contribution is 2.23. The molecule has 0 fully saturated rings. The summed E-state index contributed by atoms with van der Waals surface area (Å²) in [6.45, 7) is -0.262. The molecule has 3 aromatic carbocycles. The number of aliphatic hydroxyl groups is 1. The van der Waals surface area contributed by atoms with Gasteiger partial charge < -0.3 is 15.2 Å². The van der Waals surface area contributed by atoms with Crippen molar-refractivity contribution in [1.82, 2.24) is 15.1 Å². The van der Waals surface area contributed by atoms with Crippen LogP contribution < -0.4 is 10.1 Å². The molecule has 0 aliphatic rings. The van der Waals surface area contributed by atoms with E-state index in [1.807, 2.05) is 36.4 Å². The number of fused-ring (bicyclic) bond motifs is 1. The van der Waals surface area contributed by atoms with Crippen LogP contribution in [0.5, 0.6) is 5.75 Å². The summed E-state index contributed by atoms with van der Waals surface area (Å²) < 4.78 is 20.9. The molecule has 2 N–H and O–H groups in total. The van der Waals surface area contributed by atoms with Crippen molar-refractivity contribution < 1.29 is 19.0 Å². The summed E-state index contributed by atoms with van der Waals surface area (Å²) in [7, 11) is 0. The normalized spacial score (nSPS) is 11.9. The lowest BCUT2D eigenvalue weighted by atomic mass is 10.0. The Morgan fingerprint density at radius 2 is 1.88 bits per heavy atom. The molecule has 4 aromatic rings. The number of aryl methyl sites for hydroxylation is 1. The first-order valence-corrected chi connectivity index (χ1v) is 10.9. The summed E-state index contributed by atoms with van der Waals surface area (Å²) in [6, 6.07) is 21.7. The molecule has 33 heavy (non-hydrogen) atoms. The lowest BCUT2D eigenvalue weighted by Gasteiger charge is -2.19. The average molecular weight is 448 g/mol. The van der Waals surface area contributed by atoms with E-state index in [1.165, 1.54) is 17.7 Å². The van der Waals surface area contributed by atoms with Gasteiger partial charge in [-0.3, -0.25) is 4.79 Å². The fraction of sp³-hybridized carbons (Fsp3) is 0.231. The van der Waals surface area contributed by atoms with Gasteiger partial charge >= 0.3 is 0 Å². The van der Waals surface area contributed by atoms with Crippen molar-refractivity contribution >= 4 is 16.8 Å². The smallest absolute Gasteiger partial charge is 0.246 e. The zero-order valence-corrected chi connectivity index (χ0v) is 18.2. The summed E-state index contributed by atoms with van der Waals surface area (Å²) in [5.74, 6) is -0.0516. The second-order valence-corrected chi connectivity index (χ2v) is 7.86. The van der Waals surface area contributed by atoms with Crippen LogP contribution in [0.25, 0.3) is 16.6 Å². The van der Waals surface area contributed by atoms with E-state index in [-0.39, 0.29) is 18.5 Å². The Balaban J connectivity index is 1.40. The number of halogens is 1. The van der Waals surface area contributed by atoms with Crippen LogP contribution in [-0.2, 0) is 11.2 Å². The number of aliphatic hydroxyl groups excluding tert-OH is 1. The van der Waals surface area contributed by atoms with Gasteiger partial charge in [0.05, 0.1) is 23.4 Å². The Kier molecular flexibility index (Phi) is 7.32. The minimum atomic E-state index is -0.552. The number of nitrogens with zero attached hydrogens (tertiary/aromatic N) is 2. The van der Waals surface area contributed by atoms with Gasteiger partial charge in [0.1, 0.15) is 24.8 Å². The minimum absolute atomic E-state index is 0.217. The van der Waals surface area contributed by atoms with Crippen LogP contribution in [0.2, 0.25) is 0 Å². The number of carbonyl (C=O) groups is 1. The van der Waals surface area contributed by atoms with Gasteiger partial charge in [0, 0.05) is 5.39 Å². The molecule has 1 unspecified atom stereocenters. The summed E-state index contributed by atoms with van der Waals surface area (Å²) in [5.41, 5.74) is 2.89. The van der Waals surface area contributed by atoms with Crippen LogP contribution in [0.15, 0.2) is 79.0 Å². The molecule has 1 atom stereocenters. The highest BCUT2D eigenvalue weighted by Gasteiger charge is 2.14. The predicted octanol–water partition coefficient (Wildman–Crippen LogP) is 4.04. The lowest BCUT2D eigenvalue weighted by Crippen LogP contribution is -2.40. The minimum Gasteiger partial charge on any atom is -0.491 e. The average Bonchev–Trinajstić information content (AvgIpc) is 3.26. The molecular weight excluding hydrogens is 421 g/mol. The molecule has 4 rings (SSSR count). The maximum absolute atomic E-state index is 13.2. The molecule has 0 bridgehead atoms. The Bertz CT molecular complexity index is 1190. The van der Waals surface area contributed by atoms with Crippen molar-refractivity contribution in [1.29, 1.82) is 0 Å². The third-order valence-corrected chi connectivity index (χ3v) is 5.43. The predicted molar refractivity (Wildman–Crippen MR) is 125 cm³/mol. The van der Waals surface area contributed by atoms with Crippen LogP contribution >= 0.6 is 0 Å². The van der Waals surface area contributed by atoms with Gasteiger partial charge in [0.25, 0.3) is 0 Å². The molecule has 0 saturated heterocycles. The zero-order valence-electron chi connectivity index (χ0n) is 18.2. The lowest BCUT2D eigenvalue weighted by molar-refractivity contribution is -0.124. The number of rotatable bonds is 10. The summed E-state index contributed by atoms with van der Waals surface area (Å²) in [4.78, 5) is 11.7. The first-order chi connectivity index (χ1) is 16.1. The highest BCUT2D eigenvalue weighted by molar-refractivity contribution is 5.81. The molecule has 1 heterocycles. The fourth-order valence-corrected chi connectivity index (χ4v) is 3.75. The van der Waals surface area contributed by atoms with E-state index in [9.17, 15) is 9.18 Å². The quantitative estimate of drug-likeness (QED) is 0.385. The second-order valence-electron chi connectivity index (χ2n) is 7.86. The van der Waals surface area contributed by atoms with E-state index in [1.54, 1.807) is 23.0 Å². The molecule has 7 heteroatoms. The number of nitrogens with one attached hydrogen (secondary N) is 1. The van der Waals surface area contributed by atoms with Crippen molar-refractivity contribution in [3.8, 4) is 11.4 Å². The van der Waals surface area contributed by atoms with Crippen LogP contribution in [0, 0.1) is 5.82 Å². The van der Waals surface area contributed by atoms with E-state index in [2.05, 4.69) is 22.5 Å². The summed E-state index contributed by atoms with van der Waals surface area (Å²) in [6.07, 6.45) is 4.25. The number of ether oxygens (including phenoxy) is 1. The Labute approximate surface area is 191 Å². The van der Waals surface area contributed by atoms with Crippen molar-refractivity contribution in [3.05, 3.63) is 90.4 Å². The first kappa shape index (κ1) is 22.5. The SMILES string of the molecule is O=C(CO)NC(CCCc1ccccc1)COc1ccc2c(cnn2-c2ccc(F)cc2)c1. The molecule has 6 nitrogen and oxygen atoms in total. The Hall–Kier alpha value is -3.71. The van der Waals surface area contributed by atoms with Crippen molar-refractivity contribution in [2.75, 3.05) is 13.2 Å². The van der Waals surface area contributed by atoms with Crippen molar-refractivity contribution in [2.24, 2.45) is 0 Å². The van der Waals surface area contributed by atoms with Gasteiger partial charge in [-0.15, -0.1) is 0 Å². The molecule has 0 aliphatic carbocycles. The van der Waals surface area contributed by atoms with Crippen LogP contribution in [-0.4, -0.2) is 40.0 Å². The fourth-order valence-electron chi connectivity index (χ4n) is 3.75. The van der Waals surface area contributed by atoms with Gasteiger partial charge in [0.15, 0.2) is 0 Å². The van der Waals surface area contributed by atoms with E-state index >= 15 is 0 Å². The maximum Gasteiger partial charge on any atom is 0.246 e. The number of amides is 1. The number of benzene rings is 3. The molecule has 0 aliphatic heterocycles. The van der Waals surface area contributed by atoms with Crippen LogP contribution in [0.4, 0.5) is 4.39 Å².